The molecule has 2 N–H and O–H groups in total. The topological polar surface area (TPSA) is 26.0 Å². The van der Waals surface area contributed by atoms with Gasteiger partial charge in [-0.05, 0) is 43.7 Å². The van der Waals surface area contributed by atoms with E-state index in [-0.39, 0.29) is 11.3 Å². The van der Waals surface area contributed by atoms with Crippen molar-refractivity contribution in [2.75, 3.05) is 0 Å². The summed E-state index contributed by atoms with van der Waals surface area (Å²) in [5, 5.41) is 1.62. The molecule has 0 saturated heterocycles. The number of hydrogen-bond acceptors (Lipinski definition) is 3. The van der Waals surface area contributed by atoms with Crippen molar-refractivity contribution in [2.24, 2.45) is 5.73 Å². The summed E-state index contributed by atoms with van der Waals surface area (Å²) < 4.78 is 0. The average Bonchev–Trinajstić information content (AvgIpc) is 2.85. The van der Waals surface area contributed by atoms with Crippen LogP contribution in [0.1, 0.15) is 28.3 Å². The summed E-state index contributed by atoms with van der Waals surface area (Å²) in [7, 11) is 0. The summed E-state index contributed by atoms with van der Waals surface area (Å²) in [6, 6.07) is 9.93. The Hall–Kier alpha value is -0.190. The van der Waals surface area contributed by atoms with Gasteiger partial charge in [0.15, 0.2) is 0 Å². The predicted molar refractivity (Wildman–Crippen MR) is 92.4 cm³/mol. The number of hydrogen-bond donors (Lipinski definition) is 1. The third kappa shape index (κ3) is 3.92. The van der Waals surface area contributed by atoms with Gasteiger partial charge in [-0.1, -0.05) is 30.1 Å². The minimum Gasteiger partial charge on any atom is -0.326 e. The summed E-state index contributed by atoms with van der Waals surface area (Å²) >= 11 is 15.8. The van der Waals surface area contributed by atoms with Crippen molar-refractivity contribution in [3.63, 3.8) is 0 Å². The van der Waals surface area contributed by atoms with Crippen molar-refractivity contribution in [1.29, 1.82) is 0 Å². The minimum atomic E-state index is 0.0908. The number of halogens is 2. The van der Waals surface area contributed by atoms with Crippen molar-refractivity contribution in [3.8, 4) is 0 Å². The molecule has 0 amide bonds. The van der Waals surface area contributed by atoms with E-state index in [0.717, 1.165) is 16.3 Å². The third-order valence-corrected chi connectivity index (χ3v) is 6.41. The van der Waals surface area contributed by atoms with Crippen LogP contribution in [0.15, 0.2) is 35.2 Å². The zero-order chi connectivity index (χ0) is 14.7. The van der Waals surface area contributed by atoms with Gasteiger partial charge in [-0.15, -0.1) is 23.1 Å². The van der Waals surface area contributed by atoms with E-state index in [2.05, 4.69) is 26.0 Å². The van der Waals surface area contributed by atoms with Crippen LogP contribution in [-0.4, -0.2) is 6.04 Å². The van der Waals surface area contributed by atoms with E-state index in [4.69, 9.17) is 28.9 Å². The Balaban J connectivity index is 2.30. The monoisotopic (exact) mass is 345 g/mol. The Labute approximate surface area is 138 Å². The molecule has 1 heterocycles. The first-order valence-corrected chi connectivity index (χ1v) is 8.90. The number of nitrogens with two attached hydrogens (primary N) is 1. The van der Waals surface area contributed by atoms with Crippen LogP contribution in [0.3, 0.4) is 0 Å². The van der Waals surface area contributed by atoms with Gasteiger partial charge in [-0.25, -0.2) is 0 Å². The summed E-state index contributed by atoms with van der Waals surface area (Å²) in [6.45, 7) is 4.22. The van der Waals surface area contributed by atoms with Gasteiger partial charge < -0.3 is 5.73 Å². The van der Waals surface area contributed by atoms with Crippen molar-refractivity contribution in [1.82, 2.24) is 0 Å². The van der Waals surface area contributed by atoms with Gasteiger partial charge >= 0.3 is 0 Å². The lowest BCUT2D eigenvalue weighted by Crippen LogP contribution is -2.25. The maximum atomic E-state index is 6.30. The van der Waals surface area contributed by atoms with Crippen LogP contribution in [0.5, 0.6) is 0 Å². The molecule has 0 aliphatic rings. The molecular formula is C15H17Cl2NS2. The van der Waals surface area contributed by atoms with Gasteiger partial charge in [0.05, 0.1) is 10.3 Å². The first kappa shape index (κ1) is 16.2. The van der Waals surface area contributed by atoms with E-state index >= 15 is 0 Å². The Morgan fingerprint density at radius 1 is 1.25 bits per heavy atom. The lowest BCUT2D eigenvalue weighted by molar-refractivity contribution is 0.640. The van der Waals surface area contributed by atoms with Crippen LogP contribution in [0.2, 0.25) is 10.0 Å². The zero-order valence-electron chi connectivity index (χ0n) is 11.4. The third-order valence-electron chi connectivity index (χ3n) is 3.05. The molecule has 0 radical (unpaired) electrons. The predicted octanol–water partition coefficient (Wildman–Crippen LogP) is 5.93. The van der Waals surface area contributed by atoms with Crippen molar-refractivity contribution in [2.45, 2.75) is 36.5 Å². The average molecular weight is 346 g/mol. The lowest BCUT2D eigenvalue weighted by Gasteiger charge is -2.22. The Morgan fingerprint density at radius 3 is 2.60 bits per heavy atom. The summed E-state index contributed by atoms with van der Waals surface area (Å²) in [4.78, 5) is 3.57. The lowest BCUT2D eigenvalue weighted by atomic mass is 10.1. The molecule has 2 unspecified atom stereocenters. The molecule has 2 rings (SSSR count). The quantitative estimate of drug-likeness (QED) is 0.679. The van der Waals surface area contributed by atoms with Crippen molar-refractivity contribution < 1.29 is 0 Å². The molecule has 1 aromatic carbocycles. The highest BCUT2D eigenvalue weighted by Gasteiger charge is 2.22. The fraction of sp³-hybridized carbons (Fsp3) is 0.333. The standard InChI is InChI=1S/C15H17Cl2NS2/c1-3-12(18)15(13-7-4-9(2)19-13)20-14-8-10(16)5-6-11(14)17/h4-8,12,15H,3,18H2,1-2H3. The van der Waals surface area contributed by atoms with Crippen molar-refractivity contribution in [3.05, 3.63) is 50.1 Å². The zero-order valence-corrected chi connectivity index (χ0v) is 14.5. The molecule has 0 aliphatic carbocycles. The molecule has 2 atom stereocenters. The van der Waals surface area contributed by atoms with E-state index in [0.29, 0.717) is 5.02 Å². The highest BCUT2D eigenvalue weighted by molar-refractivity contribution is 7.99. The van der Waals surface area contributed by atoms with E-state index < -0.39 is 0 Å². The molecule has 108 valence electrons. The molecule has 0 spiro atoms. The Kier molecular flexibility index (Phi) is 5.82. The Morgan fingerprint density at radius 2 is 2.00 bits per heavy atom. The minimum absolute atomic E-state index is 0.0908. The maximum absolute atomic E-state index is 6.30. The van der Waals surface area contributed by atoms with Gasteiger partial charge in [0.1, 0.15) is 0 Å². The molecule has 20 heavy (non-hydrogen) atoms. The summed E-state index contributed by atoms with van der Waals surface area (Å²) in [5.41, 5.74) is 6.30. The fourth-order valence-electron chi connectivity index (χ4n) is 1.88. The van der Waals surface area contributed by atoms with Crippen molar-refractivity contribution >= 4 is 46.3 Å². The number of thioether (sulfide) groups is 1. The van der Waals surface area contributed by atoms with Crippen LogP contribution in [-0.2, 0) is 0 Å². The fourth-order valence-corrected chi connectivity index (χ4v) is 4.80. The van der Waals surface area contributed by atoms with Gasteiger partial charge in [0.2, 0.25) is 0 Å². The van der Waals surface area contributed by atoms with Gasteiger partial charge in [0.25, 0.3) is 0 Å². The number of benzene rings is 1. The van der Waals surface area contributed by atoms with Gasteiger partial charge in [-0.2, -0.15) is 0 Å². The summed E-state index contributed by atoms with van der Waals surface area (Å²) in [5.74, 6) is 0. The number of thiophene rings is 1. The SMILES string of the molecule is CCC(N)C(Sc1cc(Cl)ccc1Cl)c1ccc(C)s1. The molecule has 0 aliphatic heterocycles. The molecule has 2 aromatic rings. The maximum Gasteiger partial charge on any atom is 0.0589 e. The molecule has 1 aromatic heterocycles. The van der Waals surface area contributed by atoms with E-state index in [1.165, 1.54) is 9.75 Å². The van der Waals surface area contributed by atoms with Gasteiger partial charge in [-0.3, -0.25) is 0 Å². The van der Waals surface area contributed by atoms with E-state index in [1.807, 2.05) is 12.1 Å². The highest BCUT2D eigenvalue weighted by Crippen LogP contribution is 2.43. The normalized spacial score (nSPS) is 14.2. The van der Waals surface area contributed by atoms with Crippen LogP contribution in [0.4, 0.5) is 0 Å². The van der Waals surface area contributed by atoms with Crippen LogP contribution in [0.25, 0.3) is 0 Å². The number of aryl methyl sites for hydroxylation is 1. The second kappa shape index (κ2) is 7.19. The smallest absolute Gasteiger partial charge is 0.0589 e. The molecule has 1 nitrogen and oxygen atoms in total. The van der Waals surface area contributed by atoms with E-state index in [1.54, 1.807) is 29.2 Å². The first-order chi connectivity index (χ1) is 9.51. The largest absolute Gasteiger partial charge is 0.326 e. The molecule has 5 heteroatoms. The summed E-state index contributed by atoms with van der Waals surface area (Å²) in [6.07, 6.45) is 0.923. The Bertz CT molecular complexity index is 583. The van der Waals surface area contributed by atoms with Gasteiger partial charge in [0, 0.05) is 25.7 Å². The number of rotatable bonds is 5. The second-order valence-corrected chi connectivity index (χ2v) is 7.98. The van der Waals surface area contributed by atoms with Crippen LogP contribution in [0, 0.1) is 6.92 Å². The highest BCUT2D eigenvalue weighted by atomic mass is 35.5. The van der Waals surface area contributed by atoms with E-state index in [9.17, 15) is 0 Å². The van der Waals surface area contributed by atoms with Crippen LogP contribution >= 0.6 is 46.3 Å². The van der Waals surface area contributed by atoms with Crippen LogP contribution < -0.4 is 5.73 Å². The molecule has 0 bridgehead atoms. The second-order valence-electron chi connectivity index (χ2n) is 4.63. The molecular weight excluding hydrogens is 329 g/mol. The molecule has 0 saturated carbocycles. The molecule has 0 fully saturated rings. The first-order valence-electron chi connectivity index (χ1n) is 6.45.